The summed E-state index contributed by atoms with van der Waals surface area (Å²) in [5, 5.41) is 10.1. The Morgan fingerprint density at radius 2 is 2.04 bits per heavy atom. The number of ether oxygens (including phenoxy) is 1. The molecule has 0 aromatic rings. The third kappa shape index (κ3) is 4.05. The van der Waals surface area contributed by atoms with E-state index in [0.29, 0.717) is 18.8 Å². The molecular formula is C21H32O4. The summed E-state index contributed by atoms with van der Waals surface area (Å²) in [5.41, 5.74) is 1.82. The average Bonchev–Trinajstić information content (AvgIpc) is 2.87. The predicted octanol–water partition coefficient (Wildman–Crippen LogP) is 3.69. The van der Waals surface area contributed by atoms with E-state index < -0.39 is 6.10 Å². The van der Waals surface area contributed by atoms with Crippen molar-refractivity contribution >= 4 is 11.8 Å². The maximum absolute atomic E-state index is 12.5. The van der Waals surface area contributed by atoms with Crippen molar-refractivity contribution in [3.63, 3.8) is 0 Å². The lowest BCUT2D eigenvalue weighted by Crippen LogP contribution is -2.43. The minimum atomic E-state index is -0.647. The summed E-state index contributed by atoms with van der Waals surface area (Å²) >= 11 is 0. The molecule has 25 heavy (non-hydrogen) atoms. The summed E-state index contributed by atoms with van der Waals surface area (Å²) in [6.07, 6.45) is 2.44. The molecule has 2 fully saturated rings. The highest BCUT2D eigenvalue weighted by atomic mass is 16.5. The number of fused-ring (bicyclic) bond motifs is 1. The Morgan fingerprint density at radius 3 is 2.56 bits per heavy atom. The molecule has 0 bridgehead atoms. The molecule has 0 heterocycles. The zero-order valence-electron chi connectivity index (χ0n) is 16.1. The zero-order valence-corrected chi connectivity index (χ0v) is 16.1. The fourth-order valence-corrected chi connectivity index (χ4v) is 4.60. The van der Waals surface area contributed by atoms with Crippen molar-refractivity contribution in [1.29, 1.82) is 0 Å². The van der Waals surface area contributed by atoms with E-state index in [2.05, 4.69) is 20.4 Å². The van der Waals surface area contributed by atoms with Crippen LogP contribution in [0.2, 0.25) is 0 Å². The first-order valence-corrected chi connectivity index (χ1v) is 9.44. The molecule has 140 valence electrons. The standard InChI is InChI=1S/C21H32O4/c1-7-12(4)8-19(24)25-18-10-15(11(2)3)21-16(13(18)5)9-17(23)20(21)14(6)22/h8,11,14-16,18,20-22H,5,7,9-10H2,1-4,6H3/b12-8+. The number of esters is 1. The number of ketones is 1. The maximum atomic E-state index is 12.5. The van der Waals surface area contributed by atoms with Gasteiger partial charge in [-0.2, -0.15) is 0 Å². The molecule has 0 aliphatic heterocycles. The molecule has 4 nitrogen and oxygen atoms in total. The number of hydrogen-bond donors (Lipinski definition) is 1. The van der Waals surface area contributed by atoms with Crippen LogP contribution in [-0.4, -0.2) is 29.1 Å². The smallest absolute Gasteiger partial charge is 0.331 e. The molecule has 0 saturated heterocycles. The lowest BCUT2D eigenvalue weighted by Gasteiger charge is -2.43. The third-order valence-electron chi connectivity index (χ3n) is 6.10. The number of aliphatic hydroxyl groups is 1. The Bertz CT molecular complexity index is 572. The van der Waals surface area contributed by atoms with E-state index in [4.69, 9.17) is 4.74 Å². The summed E-state index contributed by atoms with van der Waals surface area (Å²) in [6, 6.07) is 0. The van der Waals surface area contributed by atoms with Crippen LogP contribution in [-0.2, 0) is 14.3 Å². The van der Waals surface area contributed by atoms with Gasteiger partial charge in [-0.05, 0) is 55.9 Å². The first-order chi connectivity index (χ1) is 11.7. The van der Waals surface area contributed by atoms with E-state index in [1.165, 1.54) is 0 Å². The van der Waals surface area contributed by atoms with Crippen LogP contribution in [0.3, 0.4) is 0 Å². The minimum Gasteiger partial charge on any atom is -0.455 e. The summed E-state index contributed by atoms with van der Waals surface area (Å²) in [6.45, 7) is 14.1. The van der Waals surface area contributed by atoms with Gasteiger partial charge >= 0.3 is 5.97 Å². The van der Waals surface area contributed by atoms with Crippen molar-refractivity contribution in [2.45, 2.75) is 66.1 Å². The van der Waals surface area contributed by atoms with Crippen LogP contribution in [0.15, 0.2) is 23.8 Å². The van der Waals surface area contributed by atoms with Gasteiger partial charge in [-0.25, -0.2) is 4.79 Å². The summed E-state index contributed by atoms with van der Waals surface area (Å²) < 4.78 is 5.71. The van der Waals surface area contributed by atoms with Gasteiger partial charge in [0.2, 0.25) is 0 Å². The van der Waals surface area contributed by atoms with Crippen molar-refractivity contribution in [3.05, 3.63) is 23.8 Å². The van der Waals surface area contributed by atoms with Crippen molar-refractivity contribution in [3.8, 4) is 0 Å². The fourth-order valence-electron chi connectivity index (χ4n) is 4.60. The van der Waals surface area contributed by atoms with Gasteiger partial charge in [0.25, 0.3) is 0 Å². The molecule has 2 aliphatic carbocycles. The third-order valence-corrected chi connectivity index (χ3v) is 6.10. The molecule has 0 aromatic heterocycles. The molecule has 6 unspecified atom stereocenters. The molecule has 2 rings (SSSR count). The number of rotatable bonds is 5. The molecule has 1 N–H and O–H groups in total. The second-order valence-electron chi connectivity index (χ2n) is 8.11. The van der Waals surface area contributed by atoms with E-state index in [0.717, 1.165) is 17.6 Å². The molecule has 0 spiro atoms. The predicted molar refractivity (Wildman–Crippen MR) is 97.8 cm³/mol. The molecule has 0 aromatic carbocycles. The number of aliphatic hydroxyl groups excluding tert-OH is 1. The number of allylic oxidation sites excluding steroid dienone is 1. The molecule has 0 amide bonds. The Hall–Kier alpha value is -1.42. The summed E-state index contributed by atoms with van der Waals surface area (Å²) in [7, 11) is 0. The zero-order chi connectivity index (χ0) is 18.9. The lowest BCUT2D eigenvalue weighted by atomic mass is 9.63. The van der Waals surface area contributed by atoms with Crippen LogP contribution in [0.25, 0.3) is 0 Å². The monoisotopic (exact) mass is 348 g/mol. The van der Waals surface area contributed by atoms with Gasteiger partial charge in [0.15, 0.2) is 0 Å². The van der Waals surface area contributed by atoms with E-state index in [-0.39, 0.29) is 41.5 Å². The highest BCUT2D eigenvalue weighted by Crippen LogP contribution is 2.52. The molecule has 2 aliphatic rings. The Morgan fingerprint density at radius 1 is 1.40 bits per heavy atom. The Labute approximate surface area is 151 Å². The molecule has 2 saturated carbocycles. The topological polar surface area (TPSA) is 63.6 Å². The largest absolute Gasteiger partial charge is 0.455 e. The Kier molecular flexibility index (Phi) is 6.26. The van der Waals surface area contributed by atoms with Crippen molar-refractivity contribution in [2.24, 2.45) is 29.6 Å². The first kappa shape index (κ1) is 19.9. The van der Waals surface area contributed by atoms with Gasteiger partial charge in [-0.3, -0.25) is 4.79 Å². The van der Waals surface area contributed by atoms with Crippen molar-refractivity contribution in [1.82, 2.24) is 0 Å². The van der Waals surface area contributed by atoms with E-state index in [9.17, 15) is 14.7 Å². The maximum Gasteiger partial charge on any atom is 0.331 e. The quantitative estimate of drug-likeness (QED) is 0.467. The average molecular weight is 348 g/mol. The van der Waals surface area contributed by atoms with Gasteiger partial charge in [-0.15, -0.1) is 0 Å². The van der Waals surface area contributed by atoms with Crippen LogP contribution in [0, 0.1) is 29.6 Å². The number of hydrogen-bond acceptors (Lipinski definition) is 4. The normalized spacial score (nSPS) is 34.2. The second kappa shape index (κ2) is 7.86. The lowest BCUT2D eigenvalue weighted by molar-refractivity contribution is -0.144. The SMILES string of the molecule is C=C1C(OC(=O)/C=C(\C)CC)CC(C(C)C)C2C1CC(=O)C2C(C)O. The number of carbonyl (C=O) groups excluding carboxylic acids is 2. The van der Waals surface area contributed by atoms with E-state index in [1.54, 1.807) is 13.0 Å². The van der Waals surface area contributed by atoms with Crippen LogP contribution in [0.5, 0.6) is 0 Å². The highest BCUT2D eigenvalue weighted by Gasteiger charge is 2.54. The van der Waals surface area contributed by atoms with Gasteiger partial charge in [0, 0.05) is 18.4 Å². The molecular weight excluding hydrogens is 316 g/mol. The summed E-state index contributed by atoms with van der Waals surface area (Å²) in [5.74, 6) is 0.143. The van der Waals surface area contributed by atoms with Gasteiger partial charge in [0.05, 0.1) is 6.10 Å². The number of Topliss-reactive ketones (excluding diaryl/α,β-unsaturated/α-hetero) is 1. The van der Waals surface area contributed by atoms with Crippen molar-refractivity contribution < 1.29 is 19.4 Å². The van der Waals surface area contributed by atoms with Gasteiger partial charge in [0.1, 0.15) is 11.9 Å². The van der Waals surface area contributed by atoms with Crippen LogP contribution < -0.4 is 0 Å². The van der Waals surface area contributed by atoms with Crippen LogP contribution in [0.1, 0.15) is 53.9 Å². The van der Waals surface area contributed by atoms with Crippen LogP contribution >= 0.6 is 0 Å². The fraction of sp³-hybridized carbons (Fsp3) is 0.714. The minimum absolute atomic E-state index is 0.00213. The van der Waals surface area contributed by atoms with Crippen LogP contribution in [0.4, 0.5) is 0 Å². The van der Waals surface area contributed by atoms with Crippen molar-refractivity contribution in [2.75, 3.05) is 0 Å². The van der Waals surface area contributed by atoms with E-state index in [1.807, 2.05) is 13.8 Å². The Balaban J connectivity index is 2.24. The van der Waals surface area contributed by atoms with Gasteiger partial charge < -0.3 is 9.84 Å². The second-order valence-corrected chi connectivity index (χ2v) is 8.11. The summed E-state index contributed by atoms with van der Waals surface area (Å²) in [4.78, 5) is 24.7. The van der Waals surface area contributed by atoms with E-state index >= 15 is 0 Å². The molecule has 0 radical (unpaired) electrons. The van der Waals surface area contributed by atoms with Gasteiger partial charge in [-0.1, -0.05) is 32.9 Å². The number of carbonyl (C=O) groups is 2. The first-order valence-electron chi connectivity index (χ1n) is 9.44. The molecule has 4 heteroatoms. The highest BCUT2D eigenvalue weighted by molar-refractivity contribution is 5.85. The molecule has 6 atom stereocenters.